The fraction of sp³-hybridized carbons (Fsp3) is 0.538. The van der Waals surface area contributed by atoms with Crippen LogP contribution >= 0.6 is 11.6 Å². The molecule has 7 heteroatoms. The van der Waals surface area contributed by atoms with Gasteiger partial charge in [-0.05, 0) is 30.9 Å². The molecule has 1 atom stereocenters. The molecule has 20 heavy (non-hydrogen) atoms. The molecular formula is C13H16ClN5O. The molecule has 6 nitrogen and oxygen atoms in total. The number of piperidine rings is 1. The Kier molecular flexibility index (Phi) is 3.56. The predicted molar refractivity (Wildman–Crippen MR) is 75.4 cm³/mol. The number of halogens is 1. The summed E-state index contributed by atoms with van der Waals surface area (Å²) in [7, 11) is 0. The number of hydrogen-bond donors (Lipinski definition) is 0. The number of carbonyl (C=O) groups is 1. The monoisotopic (exact) mass is 293 g/mol. The van der Waals surface area contributed by atoms with E-state index in [1.807, 2.05) is 9.58 Å². The van der Waals surface area contributed by atoms with Crippen LogP contribution in [0.1, 0.15) is 26.2 Å². The Hall–Kier alpha value is -1.69. The maximum absolute atomic E-state index is 11.7. The molecule has 0 spiro atoms. The van der Waals surface area contributed by atoms with Crippen LogP contribution in [0.5, 0.6) is 0 Å². The van der Waals surface area contributed by atoms with Crippen LogP contribution in [0.3, 0.4) is 0 Å². The summed E-state index contributed by atoms with van der Waals surface area (Å²) >= 11 is 5.84. The second-order valence-corrected chi connectivity index (χ2v) is 5.44. The quantitative estimate of drug-likeness (QED) is 0.793. The molecule has 0 radical (unpaired) electrons. The van der Waals surface area contributed by atoms with Crippen molar-refractivity contribution in [1.82, 2.24) is 24.6 Å². The zero-order valence-electron chi connectivity index (χ0n) is 11.3. The average molecular weight is 294 g/mol. The van der Waals surface area contributed by atoms with Gasteiger partial charge in [-0.15, -0.1) is 0 Å². The van der Waals surface area contributed by atoms with E-state index >= 15 is 0 Å². The van der Waals surface area contributed by atoms with Gasteiger partial charge >= 0.3 is 0 Å². The molecule has 1 aliphatic heterocycles. The molecule has 1 amide bonds. The molecule has 0 aliphatic carbocycles. The van der Waals surface area contributed by atoms with Gasteiger partial charge in [0, 0.05) is 19.7 Å². The van der Waals surface area contributed by atoms with Crippen molar-refractivity contribution < 1.29 is 4.79 Å². The molecule has 0 unspecified atom stereocenters. The molecule has 1 aliphatic rings. The van der Waals surface area contributed by atoms with E-state index in [1.54, 1.807) is 19.3 Å². The minimum atomic E-state index is 0.124. The summed E-state index contributed by atoms with van der Waals surface area (Å²) in [6, 6.07) is 0.179. The van der Waals surface area contributed by atoms with E-state index in [1.165, 1.54) is 0 Å². The molecule has 2 aromatic rings. The highest BCUT2D eigenvalue weighted by atomic mass is 35.5. The van der Waals surface area contributed by atoms with Gasteiger partial charge in [0.1, 0.15) is 0 Å². The molecular weight excluding hydrogens is 278 g/mol. The average Bonchev–Trinajstić information content (AvgIpc) is 2.82. The van der Waals surface area contributed by atoms with Crippen molar-refractivity contribution in [2.75, 3.05) is 6.54 Å². The van der Waals surface area contributed by atoms with Gasteiger partial charge in [0.2, 0.25) is 11.2 Å². The van der Waals surface area contributed by atoms with Crippen molar-refractivity contribution in [3.8, 4) is 0 Å². The first-order valence-electron chi connectivity index (χ1n) is 6.76. The van der Waals surface area contributed by atoms with Crippen LogP contribution in [0.25, 0.3) is 11.0 Å². The molecule has 2 aromatic heterocycles. The standard InChI is InChI=1S/C13H16ClN5O/c1-9(20)18-5-3-2-4-11(18)8-19-12-10(7-16-19)6-15-13(14)17-12/h6-7,11H,2-5,8H2,1H3/t11-/m1/s1. The summed E-state index contributed by atoms with van der Waals surface area (Å²) < 4.78 is 1.81. The molecule has 0 aromatic carbocycles. The number of amides is 1. The third-order valence-electron chi connectivity index (χ3n) is 3.76. The predicted octanol–water partition coefficient (Wildman–Crippen LogP) is 1.88. The second-order valence-electron chi connectivity index (χ2n) is 5.11. The highest BCUT2D eigenvalue weighted by Gasteiger charge is 2.25. The van der Waals surface area contributed by atoms with Gasteiger partial charge in [-0.25, -0.2) is 9.67 Å². The Labute approximate surface area is 121 Å². The lowest BCUT2D eigenvalue weighted by Crippen LogP contribution is -2.44. The fourth-order valence-electron chi connectivity index (χ4n) is 2.78. The first-order chi connectivity index (χ1) is 9.65. The third kappa shape index (κ3) is 2.47. The third-order valence-corrected chi connectivity index (χ3v) is 3.94. The van der Waals surface area contributed by atoms with Crippen LogP contribution in [0.15, 0.2) is 12.4 Å². The van der Waals surface area contributed by atoms with E-state index in [2.05, 4.69) is 15.1 Å². The van der Waals surface area contributed by atoms with E-state index in [0.717, 1.165) is 36.8 Å². The van der Waals surface area contributed by atoms with Crippen LogP contribution in [0.4, 0.5) is 0 Å². The summed E-state index contributed by atoms with van der Waals surface area (Å²) in [5, 5.41) is 5.42. The summed E-state index contributed by atoms with van der Waals surface area (Å²) in [4.78, 5) is 21.8. The van der Waals surface area contributed by atoms with Gasteiger partial charge in [0.15, 0.2) is 5.65 Å². The number of rotatable bonds is 2. The second kappa shape index (κ2) is 5.36. The number of hydrogen-bond acceptors (Lipinski definition) is 4. The van der Waals surface area contributed by atoms with Crippen molar-refractivity contribution >= 4 is 28.5 Å². The number of fused-ring (bicyclic) bond motifs is 1. The number of aromatic nitrogens is 4. The molecule has 0 saturated carbocycles. The minimum Gasteiger partial charge on any atom is -0.338 e. The highest BCUT2D eigenvalue weighted by molar-refractivity contribution is 6.28. The topological polar surface area (TPSA) is 63.9 Å². The van der Waals surface area contributed by atoms with Crippen molar-refractivity contribution in [3.63, 3.8) is 0 Å². The minimum absolute atomic E-state index is 0.124. The maximum atomic E-state index is 11.7. The van der Waals surface area contributed by atoms with Crippen LogP contribution in [-0.4, -0.2) is 43.1 Å². The van der Waals surface area contributed by atoms with Crippen molar-refractivity contribution in [3.05, 3.63) is 17.7 Å². The zero-order valence-corrected chi connectivity index (χ0v) is 12.0. The van der Waals surface area contributed by atoms with Gasteiger partial charge < -0.3 is 4.90 Å². The van der Waals surface area contributed by atoms with Gasteiger partial charge in [0.05, 0.1) is 24.2 Å². The first kappa shape index (κ1) is 13.3. The van der Waals surface area contributed by atoms with Crippen molar-refractivity contribution in [2.45, 2.75) is 38.8 Å². The molecule has 0 N–H and O–H groups in total. The Morgan fingerprint density at radius 3 is 3.10 bits per heavy atom. The first-order valence-corrected chi connectivity index (χ1v) is 7.14. The summed E-state index contributed by atoms with van der Waals surface area (Å²) in [6.07, 6.45) is 6.61. The Balaban J connectivity index is 1.88. The zero-order chi connectivity index (χ0) is 14.1. The van der Waals surface area contributed by atoms with Gasteiger partial charge in [-0.3, -0.25) is 4.79 Å². The molecule has 3 rings (SSSR count). The lowest BCUT2D eigenvalue weighted by molar-refractivity contribution is -0.132. The number of likely N-dealkylation sites (tertiary alicyclic amines) is 1. The van der Waals surface area contributed by atoms with Crippen molar-refractivity contribution in [1.29, 1.82) is 0 Å². The molecule has 1 saturated heterocycles. The normalized spacial score (nSPS) is 19.5. The van der Waals surface area contributed by atoms with E-state index in [9.17, 15) is 4.79 Å². The Bertz CT molecular complexity index is 641. The summed E-state index contributed by atoms with van der Waals surface area (Å²) in [5.41, 5.74) is 0.721. The number of carbonyl (C=O) groups excluding carboxylic acids is 1. The van der Waals surface area contributed by atoms with Crippen molar-refractivity contribution in [2.24, 2.45) is 0 Å². The van der Waals surface area contributed by atoms with Gasteiger partial charge in [0.25, 0.3) is 0 Å². The van der Waals surface area contributed by atoms with Crippen LogP contribution < -0.4 is 0 Å². The Morgan fingerprint density at radius 1 is 1.45 bits per heavy atom. The summed E-state index contributed by atoms with van der Waals surface area (Å²) in [6.45, 7) is 3.10. The molecule has 0 bridgehead atoms. The number of nitrogens with zero attached hydrogens (tertiary/aromatic N) is 5. The molecule has 3 heterocycles. The van der Waals surface area contributed by atoms with E-state index in [4.69, 9.17) is 11.6 Å². The van der Waals surface area contributed by atoms with E-state index in [-0.39, 0.29) is 17.2 Å². The Morgan fingerprint density at radius 2 is 2.30 bits per heavy atom. The lowest BCUT2D eigenvalue weighted by Gasteiger charge is -2.35. The lowest BCUT2D eigenvalue weighted by atomic mass is 10.0. The van der Waals surface area contributed by atoms with Gasteiger partial charge in [-0.1, -0.05) is 0 Å². The smallest absolute Gasteiger partial charge is 0.224 e. The van der Waals surface area contributed by atoms with Crippen LogP contribution in [0, 0.1) is 0 Å². The molecule has 1 fully saturated rings. The molecule has 106 valence electrons. The largest absolute Gasteiger partial charge is 0.338 e. The van der Waals surface area contributed by atoms with Crippen LogP contribution in [-0.2, 0) is 11.3 Å². The maximum Gasteiger partial charge on any atom is 0.224 e. The highest BCUT2D eigenvalue weighted by Crippen LogP contribution is 2.20. The SMILES string of the molecule is CC(=O)N1CCCC[C@@H]1Cn1ncc2cnc(Cl)nc21. The van der Waals surface area contributed by atoms with Gasteiger partial charge in [-0.2, -0.15) is 10.1 Å². The van der Waals surface area contributed by atoms with E-state index in [0.29, 0.717) is 6.54 Å². The fourth-order valence-corrected chi connectivity index (χ4v) is 2.91. The summed E-state index contributed by atoms with van der Waals surface area (Å²) in [5.74, 6) is 0.124. The van der Waals surface area contributed by atoms with Crippen LogP contribution in [0.2, 0.25) is 5.28 Å². The van der Waals surface area contributed by atoms with E-state index < -0.39 is 0 Å².